The number of hydrogen-bond donors (Lipinski definition) is 2. The quantitative estimate of drug-likeness (QED) is 0.262. The van der Waals surface area contributed by atoms with Crippen molar-refractivity contribution in [1.82, 2.24) is 40.0 Å². The first kappa shape index (κ1) is 40.8. The topological polar surface area (TPSA) is 195 Å². The number of carbonyl (C=O) groups excluding carboxylic acids is 4. The monoisotopic (exact) mass is 845 g/mol. The van der Waals surface area contributed by atoms with Crippen molar-refractivity contribution < 1.29 is 28.7 Å². The van der Waals surface area contributed by atoms with Gasteiger partial charge in [-0.15, -0.1) is 0 Å². The Kier molecular flexibility index (Phi) is 11.0. The first-order valence-corrected chi connectivity index (χ1v) is 21.1. The average Bonchev–Trinajstić information content (AvgIpc) is 3.23. The zero-order valence-electron chi connectivity index (χ0n) is 35.5. The van der Waals surface area contributed by atoms with Crippen molar-refractivity contribution in [2.75, 3.05) is 90.4 Å². The van der Waals surface area contributed by atoms with E-state index in [9.17, 15) is 19.2 Å². The van der Waals surface area contributed by atoms with Gasteiger partial charge in [-0.05, 0) is 63.9 Å². The van der Waals surface area contributed by atoms with Gasteiger partial charge in [-0.3, -0.25) is 34.6 Å². The highest BCUT2D eigenvalue weighted by atomic mass is 16.6. The van der Waals surface area contributed by atoms with Gasteiger partial charge in [0.1, 0.15) is 17.9 Å². The van der Waals surface area contributed by atoms with Crippen LogP contribution in [0.4, 0.5) is 44.1 Å². The van der Waals surface area contributed by atoms with Gasteiger partial charge in [0.2, 0.25) is 23.6 Å². The van der Waals surface area contributed by atoms with E-state index in [4.69, 9.17) is 14.5 Å². The summed E-state index contributed by atoms with van der Waals surface area (Å²) in [6.45, 7) is 14.6. The normalized spacial score (nSPS) is 18.4. The molecule has 5 amide bonds. The lowest BCUT2D eigenvalue weighted by Gasteiger charge is -2.49. The van der Waals surface area contributed by atoms with Crippen LogP contribution in [0.1, 0.15) is 49.7 Å². The van der Waals surface area contributed by atoms with E-state index in [2.05, 4.69) is 45.3 Å². The zero-order valence-corrected chi connectivity index (χ0v) is 35.5. The minimum absolute atomic E-state index is 0.0266. The number of benzene rings is 1. The number of urea groups is 1. The summed E-state index contributed by atoms with van der Waals surface area (Å²) >= 11 is 0. The summed E-state index contributed by atoms with van der Waals surface area (Å²) in [5.41, 5.74) is 6.13. The fourth-order valence-electron chi connectivity index (χ4n) is 8.50. The fourth-order valence-corrected chi connectivity index (χ4v) is 8.50. The number of nitrogens with zero attached hydrogens (tertiary/aromatic N) is 11. The summed E-state index contributed by atoms with van der Waals surface area (Å²) < 4.78 is 11.5. The third-order valence-electron chi connectivity index (χ3n) is 11.9. The summed E-state index contributed by atoms with van der Waals surface area (Å²) in [4.78, 5) is 85.2. The van der Waals surface area contributed by atoms with E-state index in [0.29, 0.717) is 80.8 Å². The van der Waals surface area contributed by atoms with Crippen LogP contribution in [0, 0.1) is 6.92 Å². The van der Waals surface area contributed by atoms with Crippen molar-refractivity contribution in [3.8, 4) is 5.88 Å². The Labute approximate surface area is 359 Å². The predicted octanol–water partition coefficient (Wildman–Crippen LogP) is 3.43. The zero-order chi connectivity index (χ0) is 43.1. The molecule has 324 valence electrons. The standard InChI is InChI=1S/C43H51N13O6/c1-27-34(22-46-39-38(27)56(17-18-61-39)42(60)62-43(2,3)4)53-11-9-28-20-47-40(48-33(28)26-53)49-35-23-44-29(21-45-35)19-37(58)52-15-13-51(14-16-52)32-24-54(25-32)30-5-7-31(8-6-30)55-12-10-36(57)50-41(55)59/h5-8,20-23,32H,9-19,24-26H2,1-4H3,(H,50,57,59)(H,45,47,48,49). The van der Waals surface area contributed by atoms with Gasteiger partial charge in [-0.25, -0.2) is 29.5 Å². The van der Waals surface area contributed by atoms with E-state index in [1.165, 1.54) is 0 Å². The molecule has 4 aromatic rings. The Hall–Kier alpha value is -6.63. The van der Waals surface area contributed by atoms with Crippen molar-refractivity contribution in [3.63, 3.8) is 0 Å². The van der Waals surface area contributed by atoms with Gasteiger partial charge in [0.15, 0.2) is 5.82 Å². The molecule has 19 nitrogen and oxygen atoms in total. The summed E-state index contributed by atoms with van der Waals surface area (Å²) in [6.07, 6.45) is 7.61. The van der Waals surface area contributed by atoms with E-state index in [0.717, 1.165) is 73.0 Å². The van der Waals surface area contributed by atoms with Crippen molar-refractivity contribution in [3.05, 3.63) is 71.6 Å². The van der Waals surface area contributed by atoms with Crippen LogP contribution in [0.15, 0.2) is 49.1 Å². The number of carbonyl (C=O) groups is 4. The summed E-state index contributed by atoms with van der Waals surface area (Å²) in [5.74, 6) is 1.06. The minimum Gasteiger partial charge on any atom is -0.474 e. The third-order valence-corrected chi connectivity index (χ3v) is 11.9. The Morgan fingerprint density at radius 2 is 1.65 bits per heavy atom. The summed E-state index contributed by atoms with van der Waals surface area (Å²) in [7, 11) is 0. The molecule has 2 N–H and O–H groups in total. The molecule has 1 aromatic carbocycles. The SMILES string of the molecule is Cc1c(N2CCc3cnc(Nc4cnc(CC(=O)N5CCN(C6CN(c7ccc(N8CCC(=O)NC8=O)cc7)C6)CC5)cn4)nc3C2)cnc2c1N(C(=O)OC(C)(C)C)CCO2. The molecule has 0 radical (unpaired) electrons. The number of anilines is 6. The van der Waals surface area contributed by atoms with Crippen LogP contribution in [0.2, 0.25) is 0 Å². The van der Waals surface area contributed by atoms with Crippen LogP contribution < -0.4 is 35.0 Å². The van der Waals surface area contributed by atoms with Crippen LogP contribution in [0.25, 0.3) is 0 Å². The van der Waals surface area contributed by atoms with E-state index in [1.54, 1.807) is 28.4 Å². The number of ether oxygens (including phenoxy) is 2. The highest BCUT2D eigenvalue weighted by Gasteiger charge is 2.36. The number of fused-ring (bicyclic) bond motifs is 2. The van der Waals surface area contributed by atoms with Gasteiger partial charge in [-0.2, -0.15) is 0 Å². The van der Waals surface area contributed by atoms with E-state index in [-0.39, 0.29) is 24.3 Å². The third kappa shape index (κ3) is 8.61. The number of pyridine rings is 1. The highest BCUT2D eigenvalue weighted by Crippen LogP contribution is 2.40. The molecule has 9 rings (SSSR count). The second-order valence-corrected chi connectivity index (χ2v) is 17.2. The number of piperazine rings is 1. The molecule has 3 fully saturated rings. The summed E-state index contributed by atoms with van der Waals surface area (Å²) in [6, 6.07) is 7.92. The maximum atomic E-state index is 13.3. The number of hydrogen-bond acceptors (Lipinski definition) is 15. The molecule has 3 aromatic heterocycles. The van der Waals surface area contributed by atoms with E-state index in [1.807, 2.05) is 63.1 Å². The average molecular weight is 846 g/mol. The van der Waals surface area contributed by atoms with Gasteiger partial charge in [-0.1, -0.05) is 0 Å². The van der Waals surface area contributed by atoms with Gasteiger partial charge in [0.05, 0.1) is 55.2 Å². The first-order valence-electron chi connectivity index (χ1n) is 21.1. The highest BCUT2D eigenvalue weighted by molar-refractivity contribution is 6.05. The Morgan fingerprint density at radius 1 is 0.871 bits per heavy atom. The van der Waals surface area contributed by atoms with Crippen molar-refractivity contribution in [2.24, 2.45) is 0 Å². The smallest absolute Gasteiger partial charge is 0.415 e. The molecule has 3 saturated heterocycles. The van der Waals surface area contributed by atoms with E-state index < -0.39 is 11.7 Å². The molecule has 62 heavy (non-hydrogen) atoms. The molecule has 0 aliphatic carbocycles. The van der Waals surface area contributed by atoms with Gasteiger partial charge < -0.3 is 29.5 Å². The molecule has 0 spiro atoms. The molecule has 0 bridgehead atoms. The van der Waals surface area contributed by atoms with Gasteiger partial charge in [0.25, 0.3) is 0 Å². The second kappa shape index (κ2) is 16.7. The first-order chi connectivity index (χ1) is 29.8. The number of rotatable bonds is 8. The lowest BCUT2D eigenvalue weighted by Crippen LogP contribution is -2.63. The Morgan fingerprint density at radius 3 is 2.37 bits per heavy atom. The van der Waals surface area contributed by atoms with E-state index >= 15 is 0 Å². The minimum atomic E-state index is -0.636. The fraction of sp³-hybridized carbons (Fsp3) is 0.465. The summed E-state index contributed by atoms with van der Waals surface area (Å²) in [5, 5.41) is 5.54. The van der Waals surface area contributed by atoms with Crippen molar-refractivity contribution in [1.29, 1.82) is 0 Å². The number of aromatic nitrogens is 5. The second-order valence-electron chi connectivity index (χ2n) is 17.2. The molecule has 19 heteroatoms. The molecule has 0 atom stereocenters. The number of amides is 5. The van der Waals surface area contributed by atoms with Crippen molar-refractivity contribution >= 4 is 58.5 Å². The van der Waals surface area contributed by atoms with Crippen molar-refractivity contribution in [2.45, 2.75) is 65.1 Å². The maximum Gasteiger partial charge on any atom is 0.415 e. The number of imide groups is 1. The maximum absolute atomic E-state index is 13.3. The van der Waals surface area contributed by atoms with Crippen LogP contribution in [-0.4, -0.2) is 136 Å². The Balaban J connectivity index is 0.746. The largest absolute Gasteiger partial charge is 0.474 e. The predicted molar refractivity (Wildman–Crippen MR) is 230 cm³/mol. The lowest BCUT2D eigenvalue weighted by molar-refractivity contribution is -0.132. The van der Waals surface area contributed by atoms with Gasteiger partial charge >= 0.3 is 12.1 Å². The molecule has 0 unspecified atom stereocenters. The number of nitrogens with one attached hydrogen (secondary N) is 2. The molecule has 5 aliphatic rings. The van der Waals surface area contributed by atoms with Crippen LogP contribution in [-0.2, 0) is 33.7 Å². The molecule has 5 aliphatic heterocycles. The van der Waals surface area contributed by atoms with Gasteiger partial charge in [0, 0.05) is 88.0 Å². The molecular weight excluding hydrogens is 795 g/mol. The van der Waals surface area contributed by atoms with Crippen LogP contribution in [0.5, 0.6) is 5.88 Å². The lowest BCUT2D eigenvalue weighted by atomic mass is 10.0. The molecular formula is C43H51N13O6. The van der Waals surface area contributed by atoms with Crippen LogP contribution >= 0.6 is 0 Å². The van der Waals surface area contributed by atoms with Crippen LogP contribution in [0.3, 0.4) is 0 Å². The molecule has 0 saturated carbocycles. The Bertz CT molecular complexity index is 2360. The molecule has 8 heterocycles.